The number of hydrogen-bond donors (Lipinski definition) is 2. The van der Waals surface area contributed by atoms with E-state index in [4.69, 9.17) is 12.6 Å². The quantitative estimate of drug-likeness (QED) is 0.816. The van der Waals surface area contributed by atoms with E-state index in [2.05, 4.69) is 38.8 Å². The van der Waals surface area contributed by atoms with E-state index in [1.54, 1.807) is 0 Å². The highest BCUT2D eigenvalue weighted by molar-refractivity contribution is 7.82. The molecule has 1 heterocycles. The number of carbonyl (C=O) groups excluding carboxylic acids is 1. The molecular formula is C16H23NOS2. The smallest absolute Gasteiger partial charge is 0.150 e. The molecule has 0 amide bonds. The van der Waals surface area contributed by atoms with Crippen LogP contribution in [0.15, 0.2) is 30.3 Å². The topological polar surface area (TPSA) is 20.3 Å². The lowest BCUT2D eigenvalue weighted by Crippen LogP contribution is -2.40. The summed E-state index contributed by atoms with van der Waals surface area (Å²) in [4.78, 5) is 12.6. The molecule has 0 N–H and O–H groups in total. The van der Waals surface area contributed by atoms with Crippen molar-refractivity contribution in [2.45, 2.75) is 43.9 Å². The van der Waals surface area contributed by atoms with E-state index < -0.39 is 4.75 Å². The van der Waals surface area contributed by atoms with Gasteiger partial charge in [-0.2, -0.15) is 12.6 Å². The van der Waals surface area contributed by atoms with Crippen LogP contribution in [-0.4, -0.2) is 26.9 Å². The Labute approximate surface area is 132 Å². The Bertz CT molecular complexity index is 485. The fourth-order valence-corrected chi connectivity index (χ4v) is 3.21. The van der Waals surface area contributed by atoms with E-state index in [1.807, 2.05) is 29.4 Å². The Morgan fingerprint density at radius 1 is 1.25 bits per heavy atom. The van der Waals surface area contributed by atoms with Gasteiger partial charge in [-0.25, -0.2) is 4.31 Å². The molecule has 20 heavy (non-hydrogen) atoms. The second-order valence-electron chi connectivity index (χ2n) is 6.53. The molecule has 110 valence electrons. The average Bonchev–Trinajstić information content (AvgIpc) is 2.42. The Morgan fingerprint density at radius 2 is 1.85 bits per heavy atom. The molecule has 1 saturated heterocycles. The molecule has 0 saturated carbocycles. The Hall–Kier alpha value is -0.450. The monoisotopic (exact) mass is 309 g/mol. The fourth-order valence-electron chi connectivity index (χ4n) is 2.69. The lowest BCUT2D eigenvalue weighted by molar-refractivity contribution is -0.122. The predicted octanol–water partition coefficient (Wildman–Crippen LogP) is 3.43. The lowest BCUT2D eigenvalue weighted by atomic mass is 9.83. The molecular weight excluding hydrogens is 286 g/mol. The molecule has 0 radical (unpaired) electrons. The van der Waals surface area contributed by atoms with E-state index in [1.165, 1.54) is 5.56 Å². The van der Waals surface area contributed by atoms with Crippen molar-refractivity contribution >= 4 is 31.2 Å². The number of carbonyl (C=O) groups is 1. The maximum Gasteiger partial charge on any atom is 0.150 e. The third-order valence-electron chi connectivity index (χ3n) is 4.37. The van der Waals surface area contributed by atoms with Crippen molar-refractivity contribution in [3.8, 4) is 0 Å². The highest BCUT2D eigenvalue weighted by Crippen LogP contribution is 2.38. The van der Waals surface area contributed by atoms with Gasteiger partial charge >= 0.3 is 0 Å². The third-order valence-corrected chi connectivity index (χ3v) is 5.69. The molecule has 1 aromatic carbocycles. The predicted molar refractivity (Wildman–Crippen MR) is 90.4 cm³/mol. The van der Waals surface area contributed by atoms with Crippen LogP contribution in [0.1, 0.15) is 32.8 Å². The summed E-state index contributed by atoms with van der Waals surface area (Å²) < 4.78 is 1.39. The van der Waals surface area contributed by atoms with Gasteiger partial charge in [0.2, 0.25) is 0 Å². The summed E-state index contributed by atoms with van der Waals surface area (Å²) in [5.74, 6) is 0.364. The van der Waals surface area contributed by atoms with Crippen molar-refractivity contribution in [1.82, 2.24) is 4.31 Å². The number of hydrogen-bond acceptors (Lipinski definition) is 4. The minimum atomic E-state index is -0.607. The highest BCUT2D eigenvalue weighted by atomic mass is 32.1. The molecule has 0 spiro atoms. The number of nitrogens with zero attached hydrogens (tertiary/aromatic N) is 1. The molecule has 1 aromatic rings. The van der Waals surface area contributed by atoms with Crippen LogP contribution in [0, 0.1) is 5.92 Å². The maximum atomic E-state index is 12.6. The van der Waals surface area contributed by atoms with Gasteiger partial charge in [-0.05, 0) is 38.7 Å². The zero-order valence-corrected chi connectivity index (χ0v) is 14.1. The first-order valence-corrected chi connectivity index (χ1v) is 7.84. The van der Waals surface area contributed by atoms with Crippen LogP contribution in [0.3, 0.4) is 0 Å². The summed E-state index contributed by atoms with van der Waals surface area (Å²) in [5.41, 5.74) is 1.02. The van der Waals surface area contributed by atoms with Crippen LogP contribution in [0.5, 0.6) is 0 Å². The second-order valence-corrected chi connectivity index (χ2v) is 7.94. The average molecular weight is 310 g/mol. The molecule has 1 fully saturated rings. The Balaban J connectivity index is 2.28. The van der Waals surface area contributed by atoms with Gasteiger partial charge in [0, 0.05) is 18.5 Å². The number of benzene rings is 1. The van der Waals surface area contributed by atoms with Crippen LogP contribution < -0.4 is 0 Å². The summed E-state index contributed by atoms with van der Waals surface area (Å²) in [6.07, 6.45) is 1.33. The summed E-state index contributed by atoms with van der Waals surface area (Å²) in [7, 11) is 0. The van der Waals surface area contributed by atoms with Crippen LogP contribution in [0.25, 0.3) is 0 Å². The first-order chi connectivity index (χ1) is 9.23. The van der Waals surface area contributed by atoms with Gasteiger partial charge < -0.3 is 0 Å². The van der Waals surface area contributed by atoms with Crippen molar-refractivity contribution in [3.05, 3.63) is 35.9 Å². The van der Waals surface area contributed by atoms with Crippen LogP contribution in [-0.2, 0) is 11.2 Å². The van der Waals surface area contributed by atoms with Gasteiger partial charge in [-0.3, -0.25) is 4.79 Å². The molecule has 2 atom stereocenters. The highest BCUT2D eigenvalue weighted by Gasteiger charge is 2.45. The molecule has 0 aliphatic carbocycles. The zero-order chi connectivity index (χ0) is 15.0. The first kappa shape index (κ1) is 15.9. The minimum Gasteiger partial charge on any atom is -0.298 e. The number of thiol groups is 2. The van der Waals surface area contributed by atoms with Gasteiger partial charge in [0.05, 0.1) is 4.75 Å². The molecule has 0 aromatic heterocycles. The van der Waals surface area contributed by atoms with Crippen LogP contribution in [0.2, 0.25) is 0 Å². The van der Waals surface area contributed by atoms with Gasteiger partial charge in [0.1, 0.15) is 0 Å². The number of ketones is 1. The van der Waals surface area contributed by atoms with Gasteiger partial charge in [0.25, 0.3) is 0 Å². The molecule has 1 aliphatic heterocycles. The number of Topliss-reactive ketones (excluding diaryl/α,β-unsaturated/α-hetero) is 1. The van der Waals surface area contributed by atoms with E-state index in [0.717, 1.165) is 13.0 Å². The van der Waals surface area contributed by atoms with Crippen molar-refractivity contribution < 1.29 is 4.79 Å². The van der Waals surface area contributed by atoms with Gasteiger partial charge in [-0.1, -0.05) is 43.1 Å². The molecule has 2 rings (SSSR count). The van der Waals surface area contributed by atoms with Crippen molar-refractivity contribution in [1.29, 1.82) is 0 Å². The molecule has 0 bridgehead atoms. The zero-order valence-electron chi connectivity index (χ0n) is 12.3. The fraction of sp³-hybridized carbons (Fsp3) is 0.562. The molecule has 1 aliphatic rings. The summed E-state index contributed by atoms with van der Waals surface area (Å²) in [6, 6.07) is 10.3. The van der Waals surface area contributed by atoms with Crippen LogP contribution in [0.4, 0.5) is 0 Å². The third kappa shape index (κ3) is 3.23. The minimum absolute atomic E-state index is 0.153. The van der Waals surface area contributed by atoms with E-state index >= 15 is 0 Å². The van der Waals surface area contributed by atoms with E-state index in [0.29, 0.717) is 6.42 Å². The van der Waals surface area contributed by atoms with E-state index in [9.17, 15) is 4.79 Å². The summed E-state index contributed by atoms with van der Waals surface area (Å²) >= 11 is 9.32. The second kappa shape index (κ2) is 5.74. The normalized spacial score (nSPS) is 31.1. The maximum absolute atomic E-state index is 12.6. The summed E-state index contributed by atoms with van der Waals surface area (Å²) in [6.45, 7) is 6.84. The SMILES string of the molecule is CC1(S)C(=O)CC(C)(C)N(S)CC1Cc1ccccc1. The van der Waals surface area contributed by atoms with Gasteiger partial charge in [-0.15, -0.1) is 0 Å². The van der Waals surface area contributed by atoms with Crippen molar-refractivity contribution in [2.75, 3.05) is 6.54 Å². The van der Waals surface area contributed by atoms with Crippen molar-refractivity contribution in [3.63, 3.8) is 0 Å². The van der Waals surface area contributed by atoms with Crippen molar-refractivity contribution in [2.24, 2.45) is 5.92 Å². The largest absolute Gasteiger partial charge is 0.298 e. The molecule has 2 unspecified atom stereocenters. The molecule has 4 heteroatoms. The molecule has 2 nitrogen and oxygen atoms in total. The first-order valence-electron chi connectivity index (χ1n) is 6.99. The summed E-state index contributed by atoms with van der Waals surface area (Å²) in [5, 5.41) is 0. The standard InChI is InChI=1S/C16H23NOS2/c1-15(2)10-14(18)16(3,19)13(11-17(15)20)9-12-7-5-4-6-8-12/h4-8,13,19-20H,9-11H2,1-3H3. The van der Waals surface area contributed by atoms with Crippen LogP contribution >= 0.6 is 25.4 Å². The van der Waals surface area contributed by atoms with Gasteiger partial charge in [0.15, 0.2) is 5.78 Å². The number of rotatable bonds is 2. The Kier molecular flexibility index (Phi) is 4.57. The lowest BCUT2D eigenvalue weighted by Gasteiger charge is -2.33. The van der Waals surface area contributed by atoms with E-state index in [-0.39, 0.29) is 17.2 Å². The Morgan fingerprint density at radius 3 is 2.45 bits per heavy atom.